The van der Waals surface area contributed by atoms with E-state index in [1.807, 2.05) is 4.90 Å². The van der Waals surface area contributed by atoms with Gasteiger partial charge in [-0.2, -0.15) is 0 Å². The van der Waals surface area contributed by atoms with Gasteiger partial charge in [0.05, 0.1) is 23.9 Å². The lowest BCUT2D eigenvalue weighted by atomic mass is 10.1. The molecule has 0 aliphatic carbocycles. The fourth-order valence-corrected chi connectivity index (χ4v) is 3.31. The molecule has 2 N–H and O–H groups in total. The first-order valence-electron chi connectivity index (χ1n) is 9.89. The summed E-state index contributed by atoms with van der Waals surface area (Å²) in [4.78, 5) is 41.0. The van der Waals surface area contributed by atoms with Crippen LogP contribution in [0.3, 0.4) is 0 Å². The summed E-state index contributed by atoms with van der Waals surface area (Å²) in [7, 11) is 1.31. The highest BCUT2D eigenvalue weighted by molar-refractivity contribution is 6.06. The Kier molecular flexibility index (Phi) is 7.03. The second kappa shape index (κ2) is 9.89. The third-order valence-corrected chi connectivity index (χ3v) is 5.08. The van der Waals surface area contributed by atoms with E-state index < -0.39 is 12.0 Å². The van der Waals surface area contributed by atoms with Crippen LogP contribution in [0.5, 0.6) is 0 Å². The molecule has 0 atom stereocenters. The summed E-state index contributed by atoms with van der Waals surface area (Å²) in [6.07, 6.45) is 0. The van der Waals surface area contributed by atoms with Gasteiger partial charge in [0, 0.05) is 31.9 Å². The number of urea groups is 1. The minimum absolute atomic E-state index is 0.0934. The van der Waals surface area contributed by atoms with E-state index >= 15 is 0 Å². The molecule has 0 spiro atoms. The van der Waals surface area contributed by atoms with Crippen molar-refractivity contribution in [1.82, 2.24) is 9.80 Å². The number of benzene rings is 2. The molecule has 1 heterocycles. The molecular weight excluding hydrogens is 384 g/mol. The number of nitrogens with zero attached hydrogens (tertiary/aromatic N) is 2. The average molecular weight is 410 g/mol. The number of hydrogen-bond acceptors (Lipinski definition) is 5. The van der Waals surface area contributed by atoms with Gasteiger partial charge in [0.15, 0.2) is 0 Å². The van der Waals surface area contributed by atoms with Crippen LogP contribution in [0.15, 0.2) is 48.5 Å². The molecule has 0 aromatic heterocycles. The number of amides is 3. The van der Waals surface area contributed by atoms with E-state index in [9.17, 15) is 14.4 Å². The number of esters is 1. The summed E-state index contributed by atoms with van der Waals surface area (Å²) < 4.78 is 4.66. The number of anilines is 2. The standard InChI is InChI=1S/C22H26N4O4/c1-3-25-12-14-26(15-13-25)20(27)18-6-4-5-7-19(18)24-22(29)23-17-10-8-16(9-11-17)21(28)30-2/h4-11H,3,12-15H2,1-2H3,(H2,23,24,29). The zero-order valence-electron chi connectivity index (χ0n) is 17.2. The SMILES string of the molecule is CCN1CCN(C(=O)c2ccccc2NC(=O)Nc2ccc(C(=O)OC)cc2)CC1. The summed E-state index contributed by atoms with van der Waals surface area (Å²) in [5, 5.41) is 5.45. The van der Waals surface area contributed by atoms with Crippen molar-refractivity contribution in [2.45, 2.75) is 6.92 Å². The first-order valence-corrected chi connectivity index (χ1v) is 9.89. The van der Waals surface area contributed by atoms with E-state index in [4.69, 9.17) is 0 Å². The van der Waals surface area contributed by atoms with Gasteiger partial charge >= 0.3 is 12.0 Å². The zero-order chi connectivity index (χ0) is 21.5. The van der Waals surface area contributed by atoms with Crippen molar-refractivity contribution < 1.29 is 19.1 Å². The number of carbonyl (C=O) groups is 3. The summed E-state index contributed by atoms with van der Waals surface area (Å²) in [5.41, 5.74) is 1.81. The number of likely N-dealkylation sites (N-methyl/N-ethyl adjacent to an activating group) is 1. The van der Waals surface area contributed by atoms with Gasteiger partial charge in [0.1, 0.15) is 0 Å². The quantitative estimate of drug-likeness (QED) is 0.740. The van der Waals surface area contributed by atoms with E-state index in [1.165, 1.54) is 7.11 Å². The Morgan fingerprint density at radius 3 is 2.23 bits per heavy atom. The van der Waals surface area contributed by atoms with Crippen molar-refractivity contribution in [1.29, 1.82) is 0 Å². The molecule has 0 unspecified atom stereocenters. The van der Waals surface area contributed by atoms with E-state index in [2.05, 4.69) is 27.2 Å². The van der Waals surface area contributed by atoms with Crippen LogP contribution in [0.2, 0.25) is 0 Å². The number of para-hydroxylation sites is 1. The molecule has 2 aromatic rings. The Morgan fingerprint density at radius 1 is 0.933 bits per heavy atom. The van der Waals surface area contributed by atoms with Gasteiger partial charge in [0.25, 0.3) is 5.91 Å². The first kappa shape index (κ1) is 21.3. The molecule has 1 aliphatic rings. The Hall–Kier alpha value is -3.39. The molecular formula is C22H26N4O4. The van der Waals surface area contributed by atoms with Crippen molar-refractivity contribution in [2.24, 2.45) is 0 Å². The molecule has 0 radical (unpaired) electrons. The molecule has 0 saturated carbocycles. The van der Waals surface area contributed by atoms with Gasteiger partial charge in [0.2, 0.25) is 0 Å². The van der Waals surface area contributed by atoms with Gasteiger partial charge in [-0.1, -0.05) is 19.1 Å². The minimum Gasteiger partial charge on any atom is -0.465 e. The van der Waals surface area contributed by atoms with E-state index in [-0.39, 0.29) is 5.91 Å². The van der Waals surface area contributed by atoms with Crippen LogP contribution >= 0.6 is 0 Å². The number of carbonyl (C=O) groups excluding carboxylic acids is 3. The first-order chi connectivity index (χ1) is 14.5. The van der Waals surface area contributed by atoms with E-state index in [0.717, 1.165) is 19.6 Å². The van der Waals surface area contributed by atoms with Crippen molar-refractivity contribution in [3.05, 3.63) is 59.7 Å². The topological polar surface area (TPSA) is 91.0 Å². The van der Waals surface area contributed by atoms with Gasteiger partial charge in [-0.25, -0.2) is 9.59 Å². The summed E-state index contributed by atoms with van der Waals surface area (Å²) in [6.45, 7) is 6.11. The van der Waals surface area contributed by atoms with E-state index in [1.54, 1.807) is 48.5 Å². The number of rotatable bonds is 5. The van der Waals surface area contributed by atoms with Crippen molar-refractivity contribution in [2.75, 3.05) is 50.5 Å². The fourth-order valence-electron chi connectivity index (χ4n) is 3.31. The number of piperazine rings is 1. The monoisotopic (exact) mass is 410 g/mol. The lowest BCUT2D eigenvalue weighted by molar-refractivity contribution is 0.0599. The van der Waals surface area contributed by atoms with Gasteiger partial charge in [-0.3, -0.25) is 4.79 Å². The highest BCUT2D eigenvalue weighted by Crippen LogP contribution is 2.19. The second-order valence-electron chi connectivity index (χ2n) is 6.92. The molecule has 3 amide bonds. The van der Waals surface area contributed by atoms with Crippen molar-refractivity contribution >= 4 is 29.3 Å². The molecule has 1 aliphatic heterocycles. The van der Waals surface area contributed by atoms with Gasteiger partial charge < -0.3 is 25.2 Å². The molecule has 8 heteroatoms. The predicted molar refractivity (Wildman–Crippen MR) is 115 cm³/mol. The third-order valence-electron chi connectivity index (χ3n) is 5.08. The maximum absolute atomic E-state index is 13.0. The summed E-state index contributed by atoms with van der Waals surface area (Å²) in [5.74, 6) is -0.540. The van der Waals surface area contributed by atoms with Crippen LogP contribution in [-0.2, 0) is 4.74 Å². The highest BCUT2D eigenvalue weighted by atomic mass is 16.5. The normalized spacial score (nSPS) is 14.1. The Labute approximate surface area is 175 Å². The predicted octanol–water partition coefficient (Wildman–Crippen LogP) is 2.89. The van der Waals surface area contributed by atoms with Crippen LogP contribution in [0.25, 0.3) is 0 Å². The molecule has 8 nitrogen and oxygen atoms in total. The summed E-state index contributed by atoms with van der Waals surface area (Å²) in [6, 6.07) is 12.8. The number of methoxy groups -OCH3 is 1. The Balaban J connectivity index is 1.65. The maximum Gasteiger partial charge on any atom is 0.337 e. The van der Waals surface area contributed by atoms with Gasteiger partial charge in [-0.15, -0.1) is 0 Å². The molecule has 158 valence electrons. The lowest BCUT2D eigenvalue weighted by Crippen LogP contribution is -2.48. The maximum atomic E-state index is 13.0. The number of nitrogens with one attached hydrogen (secondary N) is 2. The molecule has 1 fully saturated rings. The van der Waals surface area contributed by atoms with Crippen molar-refractivity contribution in [3.63, 3.8) is 0 Å². The molecule has 3 rings (SSSR count). The van der Waals surface area contributed by atoms with Crippen LogP contribution in [0, 0.1) is 0 Å². The van der Waals surface area contributed by atoms with Crippen LogP contribution < -0.4 is 10.6 Å². The molecule has 30 heavy (non-hydrogen) atoms. The smallest absolute Gasteiger partial charge is 0.337 e. The Morgan fingerprint density at radius 2 is 1.60 bits per heavy atom. The van der Waals surface area contributed by atoms with Crippen LogP contribution in [-0.4, -0.2) is 67.5 Å². The number of ether oxygens (including phenoxy) is 1. The zero-order valence-corrected chi connectivity index (χ0v) is 17.2. The fraction of sp³-hybridized carbons (Fsp3) is 0.318. The lowest BCUT2D eigenvalue weighted by Gasteiger charge is -2.34. The molecule has 1 saturated heterocycles. The molecule has 0 bridgehead atoms. The van der Waals surface area contributed by atoms with Crippen LogP contribution in [0.1, 0.15) is 27.6 Å². The average Bonchev–Trinajstić information content (AvgIpc) is 2.79. The second-order valence-corrected chi connectivity index (χ2v) is 6.92. The van der Waals surface area contributed by atoms with E-state index in [0.29, 0.717) is 35.6 Å². The third kappa shape index (κ3) is 5.15. The highest BCUT2D eigenvalue weighted by Gasteiger charge is 2.23. The number of hydrogen-bond donors (Lipinski definition) is 2. The summed E-state index contributed by atoms with van der Waals surface area (Å²) >= 11 is 0. The van der Waals surface area contributed by atoms with Gasteiger partial charge in [-0.05, 0) is 42.9 Å². The van der Waals surface area contributed by atoms with Crippen molar-refractivity contribution in [3.8, 4) is 0 Å². The Bertz CT molecular complexity index is 906. The molecule has 2 aromatic carbocycles. The largest absolute Gasteiger partial charge is 0.465 e. The minimum atomic E-state index is -0.475. The van der Waals surface area contributed by atoms with Crippen LogP contribution in [0.4, 0.5) is 16.2 Å².